The molecule has 2 nitrogen and oxygen atoms in total. The van der Waals surface area contributed by atoms with Crippen LogP contribution < -0.4 is 0 Å². The summed E-state index contributed by atoms with van der Waals surface area (Å²) in [5.41, 5.74) is -2.48. The summed E-state index contributed by atoms with van der Waals surface area (Å²) in [6.07, 6.45) is -4.89. The summed E-state index contributed by atoms with van der Waals surface area (Å²) in [4.78, 5) is 10.5. The van der Waals surface area contributed by atoms with Gasteiger partial charge in [-0.25, -0.2) is 9.18 Å². The van der Waals surface area contributed by atoms with Crippen molar-refractivity contribution < 1.29 is 27.5 Å². The molecule has 1 N–H and O–H groups in total. The van der Waals surface area contributed by atoms with Crippen molar-refractivity contribution in [2.45, 2.75) is 13.1 Å². The van der Waals surface area contributed by atoms with Crippen LogP contribution in [0.1, 0.15) is 21.5 Å². The molecular formula is C9H6F4O2. The van der Waals surface area contributed by atoms with Crippen LogP contribution in [0.5, 0.6) is 0 Å². The monoisotopic (exact) mass is 222 g/mol. The van der Waals surface area contributed by atoms with E-state index in [-0.39, 0.29) is 11.6 Å². The van der Waals surface area contributed by atoms with E-state index in [9.17, 15) is 22.4 Å². The molecule has 0 saturated heterocycles. The number of carboxylic acids is 1. The molecule has 0 aromatic heterocycles. The zero-order valence-corrected chi connectivity index (χ0v) is 7.52. The van der Waals surface area contributed by atoms with E-state index in [2.05, 4.69) is 0 Å². The fraction of sp³-hybridized carbons (Fsp3) is 0.222. The van der Waals surface area contributed by atoms with Gasteiger partial charge in [-0.3, -0.25) is 0 Å². The topological polar surface area (TPSA) is 37.3 Å². The first-order valence-corrected chi connectivity index (χ1v) is 3.84. The van der Waals surface area contributed by atoms with Crippen LogP contribution in [0, 0.1) is 12.7 Å². The van der Waals surface area contributed by atoms with Crippen LogP contribution in [0.2, 0.25) is 0 Å². The Morgan fingerprint density at radius 1 is 1.33 bits per heavy atom. The zero-order valence-electron chi connectivity index (χ0n) is 7.52. The summed E-state index contributed by atoms with van der Waals surface area (Å²) in [6.45, 7) is 1.08. The Bertz CT molecular complexity index is 409. The SMILES string of the molecule is Cc1cc(C(=O)O)cc(C(F)(F)F)c1F. The van der Waals surface area contributed by atoms with Crippen molar-refractivity contribution in [3.63, 3.8) is 0 Å². The standard InChI is InChI=1S/C9H6F4O2/c1-4-2-5(8(14)15)3-6(7(4)10)9(11,12)13/h2-3H,1H3,(H,14,15). The van der Waals surface area contributed by atoms with Crippen LogP contribution in [-0.2, 0) is 6.18 Å². The van der Waals surface area contributed by atoms with Gasteiger partial charge in [-0.15, -0.1) is 0 Å². The molecule has 0 unspecified atom stereocenters. The summed E-state index contributed by atoms with van der Waals surface area (Å²) in [7, 11) is 0. The first-order valence-electron chi connectivity index (χ1n) is 3.84. The Kier molecular flexibility index (Phi) is 2.70. The van der Waals surface area contributed by atoms with Crippen LogP contribution in [0.3, 0.4) is 0 Å². The van der Waals surface area contributed by atoms with E-state index in [0.717, 1.165) is 13.0 Å². The Morgan fingerprint density at radius 2 is 1.87 bits per heavy atom. The van der Waals surface area contributed by atoms with Crippen molar-refractivity contribution in [3.05, 3.63) is 34.6 Å². The number of aromatic carboxylic acids is 1. The Balaban J connectivity index is 3.45. The average Bonchev–Trinajstić information content (AvgIpc) is 2.06. The van der Waals surface area contributed by atoms with Gasteiger partial charge in [0.1, 0.15) is 5.82 Å². The summed E-state index contributed by atoms with van der Waals surface area (Å²) >= 11 is 0. The smallest absolute Gasteiger partial charge is 0.419 e. The van der Waals surface area contributed by atoms with Gasteiger partial charge >= 0.3 is 12.1 Å². The van der Waals surface area contributed by atoms with E-state index in [4.69, 9.17) is 5.11 Å². The predicted molar refractivity (Wildman–Crippen MR) is 43.1 cm³/mol. The first-order chi connectivity index (χ1) is 6.73. The van der Waals surface area contributed by atoms with E-state index in [1.165, 1.54) is 0 Å². The Hall–Kier alpha value is -1.59. The third-order valence-electron chi connectivity index (χ3n) is 1.81. The van der Waals surface area contributed by atoms with Gasteiger partial charge in [0.2, 0.25) is 0 Å². The van der Waals surface area contributed by atoms with E-state index in [1.54, 1.807) is 0 Å². The van der Waals surface area contributed by atoms with E-state index in [0.29, 0.717) is 0 Å². The van der Waals surface area contributed by atoms with Crippen LogP contribution in [0.25, 0.3) is 0 Å². The number of hydrogen-bond acceptors (Lipinski definition) is 1. The number of alkyl halides is 3. The van der Waals surface area contributed by atoms with E-state index >= 15 is 0 Å². The number of benzene rings is 1. The molecular weight excluding hydrogens is 216 g/mol. The largest absolute Gasteiger partial charge is 0.478 e. The van der Waals surface area contributed by atoms with E-state index < -0.39 is 29.1 Å². The van der Waals surface area contributed by atoms with Gasteiger partial charge in [0, 0.05) is 0 Å². The molecule has 0 radical (unpaired) electrons. The van der Waals surface area contributed by atoms with Crippen molar-refractivity contribution in [2.75, 3.05) is 0 Å². The minimum absolute atomic E-state index is 0.282. The van der Waals surface area contributed by atoms with Crippen molar-refractivity contribution >= 4 is 5.97 Å². The molecule has 0 aliphatic carbocycles. The Morgan fingerprint density at radius 3 is 2.27 bits per heavy atom. The second-order valence-electron chi connectivity index (χ2n) is 2.96. The molecule has 1 aromatic rings. The molecule has 0 fully saturated rings. The molecule has 0 atom stereocenters. The molecule has 0 amide bonds. The highest BCUT2D eigenvalue weighted by atomic mass is 19.4. The summed E-state index contributed by atoms with van der Waals surface area (Å²) in [5.74, 6) is -2.96. The van der Waals surface area contributed by atoms with Gasteiger partial charge in [-0.2, -0.15) is 13.2 Å². The minimum Gasteiger partial charge on any atom is -0.478 e. The van der Waals surface area contributed by atoms with Crippen molar-refractivity contribution in [3.8, 4) is 0 Å². The Labute approximate surface area is 82.1 Å². The predicted octanol–water partition coefficient (Wildman–Crippen LogP) is 2.85. The zero-order chi connectivity index (χ0) is 11.8. The maximum atomic E-state index is 13.0. The number of aryl methyl sites for hydroxylation is 1. The maximum absolute atomic E-state index is 13.0. The highest BCUT2D eigenvalue weighted by Gasteiger charge is 2.35. The highest BCUT2D eigenvalue weighted by Crippen LogP contribution is 2.33. The van der Waals surface area contributed by atoms with Gasteiger partial charge in [-0.1, -0.05) is 0 Å². The molecule has 0 aliphatic rings. The minimum atomic E-state index is -4.89. The summed E-state index contributed by atoms with van der Waals surface area (Å²) < 4.78 is 49.7. The van der Waals surface area contributed by atoms with Crippen LogP contribution >= 0.6 is 0 Å². The van der Waals surface area contributed by atoms with Gasteiger partial charge in [0.25, 0.3) is 0 Å². The van der Waals surface area contributed by atoms with Crippen LogP contribution in [0.15, 0.2) is 12.1 Å². The molecule has 0 spiro atoms. The number of rotatable bonds is 1. The molecule has 82 valence electrons. The van der Waals surface area contributed by atoms with Crippen molar-refractivity contribution in [1.82, 2.24) is 0 Å². The van der Waals surface area contributed by atoms with Crippen molar-refractivity contribution in [2.24, 2.45) is 0 Å². The van der Waals surface area contributed by atoms with Gasteiger partial charge in [-0.05, 0) is 24.6 Å². The van der Waals surface area contributed by atoms with E-state index in [1.807, 2.05) is 0 Å². The molecule has 0 bridgehead atoms. The summed E-state index contributed by atoms with van der Waals surface area (Å²) in [6, 6.07) is 1.14. The lowest BCUT2D eigenvalue weighted by Crippen LogP contribution is -2.11. The van der Waals surface area contributed by atoms with Crippen molar-refractivity contribution in [1.29, 1.82) is 0 Å². The fourth-order valence-electron chi connectivity index (χ4n) is 1.10. The molecule has 0 saturated carbocycles. The number of halogens is 4. The fourth-order valence-corrected chi connectivity index (χ4v) is 1.10. The maximum Gasteiger partial charge on any atom is 0.419 e. The normalized spacial score (nSPS) is 11.5. The second-order valence-corrected chi connectivity index (χ2v) is 2.96. The molecule has 1 rings (SSSR count). The lowest BCUT2D eigenvalue weighted by molar-refractivity contribution is -0.140. The molecule has 6 heteroatoms. The highest BCUT2D eigenvalue weighted by molar-refractivity contribution is 5.88. The molecule has 15 heavy (non-hydrogen) atoms. The van der Waals surface area contributed by atoms with Gasteiger partial charge < -0.3 is 5.11 Å². The van der Waals surface area contributed by atoms with Crippen LogP contribution in [-0.4, -0.2) is 11.1 Å². The van der Waals surface area contributed by atoms with Gasteiger partial charge in [0.05, 0.1) is 11.1 Å². The number of hydrogen-bond donors (Lipinski definition) is 1. The third-order valence-corrected chi connectivity index (χ3v) is 1.81. The quantitative estimate of drug-likeness (QED) is 0.742. The third kappa shape index (κ3) is 2.26. The van der Waals surface area contributed by atoms with Crippen LogP contribution in [0.4, 0.5) is 17.6 Å². The summed E-state index contributed by atoms with van der Waals surface area (Å²) in [5, 5.41) is 8.50. The lowest BCUT2D eigenvalue weighted by atomic mass is 10.1. The average molecular weight is 222 g/mol. The first kappa shape index (κ1) is 11.5. The second kappa shape index (κ2) is 3.52. The number of carbonyl (C=O) groups is 1. The number of carboxylic acid groups (broad SMARTS) is 1. The van der Waals surface area contributed by atoms with Gasteiger partial charge in [0.15, 0.2) is 0 Å². The molecule has 0 heterocycles. The molecule has 0 aliphatic heterocycles. The molecule has 1 aromatic carbocycles. The lowest BCUT2D eigenvalue weighted by Gasteiger charge is -2.10.